The van der Waals surface area contributed by atoms with Crippen LogP contribution in [0.15, 0.2) is 29.6 Å². The number of anilines is 1. The molecule has 0 spiro atoms. The van der Waals surface area contributed by atoms with Gasteiger partial charge in [0.1, 0.15) is 5.75 Å². The summed E-state index contributed by atoms with van der Waals surface area (Å²) in [6.07, 6.45) is -4.38. The number of carbonyl (C=O) groups is 1. The van der Waals surface area contributed by atoms with Crippen LogP contribution >= 0.6 is 11.3 Å². The maximum Gasteiger partial charge on any atom is 0.417 e. The monoisotopic (exact) mass is 330 g/mol. The number of hydrogen-bond donors (Lipinski definition) is 2. The Bertz CT molecular complexity index is 683. The molecule has 0 unspecified atom stereocenters. The van der Waals surface area contributed by atoms with E-state index in [0.717, 1.165) is 22.8 Å². The summed E-state index contributed by atoms with van der Waals surface area (Å²) in [4.78, 5) is 11.2. The summed E-state index contributed by atoms with van der Waals surface area (Å²) in [5.41, 5.74) is 0.519. The second-order valence-corrected chi connectivity index (χ2v) is 5.31. The molecule has 0 aliphatic rings. The van der Waals surface area contributed by atoms with Crippen LogP contribution in [0.2, 0.25) is 0 Å². The van der Waals surface area contributed by atoms with Gasteiger partial charge in [-0.1, -0.05) is 0 Å². The summed E-state index contributed by atoms with van der Waals surface area (Å²) in [5, 5.41) is 6.17. The first-order valence-corrected chi connectivity index (χ1v) is 7.10. The number of aryl methyl sites for hydroxylation is 1. The molecule has 0 saturated heterocycles. The lowest BCUT2D eigenvalue weighted by Gasteiger charge is -2.10. The van der Waals surface area contributed by atoms with E-state index in [9.17, 15) is 18.0 Å². The number of rotatable bonds is 3. The van der Waals surface area contributed by atoms with E-state index in [-0.39, 0.29) is 11.1 Å². The number of urea groups is 1. The molecule has 0 radical (unpaired) electrons. The molecule has 2 N–H and O–H groups in total. The van der Waals surface area contributed by atoms with Crippen LogP contribution in [0.1, 0.15) is 11.1 Å². The van der Waals surface area contributed by atoms with Crippen LogP contribution in [-0.4, -0.2) is 13.1 Å². The zero-order valence-electron chi connectivity index (χ0n) is 11.7. The van der Waals surface area contributed by atoms with Crippen LogP contribution in [0, 0.1) is 6.92 Å². The number of hydrogen-bond acceptors (Lipinski definition) is 3. The fraction of sp³-hybridized carbons (Fsp3) is 0.214. The van der Waals surface area contributed by atoms with Gasteiger partial charge in [-0.3, -0.25) is 0 Å². The quantitative estimate of drug-likeness (QED) is 0.863. The SMILES string of the molecule is CNC(=O)Nc1ccc(Oc2cc(C(F)(F)F)cs2)c(C)c1. The Kier molecular flexibility index (Phi) is 4.60. The molecular weight excluding hydrogens is 317 g/mol. The number of alkyl halides is 3. The van der Waals surface area contributed by atoms with Crippen LogP contribution in [0.3, 0.4) is 0 Å². The molecule has 22 heavy (non-hydrogen) atoms. The first-order chi connectivity index (χ1) is 10.3. The average molecular weight is 330 g/mol. The Morgan fingerprint density at radius 3 is 2.55 bits per heavy atom. The standard InChI is InChI=1S/C14H13F3N2O2S/c1-8-5-10(19-13(20)18-2)3-4-11(8)21-12-6-9(7-22-12)14(15,16)17/h3-7H,1-2H3,(H2,18,19,20). The average Bonchev–Trinajstić information content (AvgIpc) is 2.90. The molecule has 2 aromatic rings. The molecule has 1 aromatic heterocycles. The Morgan fingerprint density at radius 2 is 2.00 bits per heavy atom. The van der Waals surface area contributed by atoms with Gasteiger partial charge in [0.05, 0.1) is 5.56 Å². The third-order valence-corrected chi connectivity index (χ3v) is 3.58. The highest BCUT2D eigenvalue weighted by atomic mass is 32.1. The van der Waals surface area contributed by atoms with Gasteiger partial charge in [0, 0.05) is 24.2 Å². The van der Waals surface area contributed by atoms with Crippen molar-refractivity contribution in [1.82, 2.24) is 5.32 Å². The van der Waals surface area contributed by atoms with Gasteiger partial charge >= 0.3 is 12.2 Å². The minimum absolute atomic E-state index is 0.155. The number of thiophene rings is 1. The van der Waals surface area contributed by atoms with Crippen molar-refractivity contribution >= 4 is 23.1 Å². The van der Waals surface area contributed by atoms with Crippen molar-refractivity contribution in [3.8, 4) is 10.8 Å². The van der Waals surface area contributed by atoms with Gasteiger partial charge in [-0.15, -0.1) is 11.3 Å². The highest BCUT2D eigenvalue weighted by Gasteiger charge is 2.32. The first-order valence-electron chi connectivity index (χ1n) is 6.22. The Hall–Kier alpha value is -2.22. The van der Waals surface area contributed by atoms with E-state index in [2.05, 4.69) is 10.6 Å². The van der Waals surface area contributed by atoms with Gasteiger partial charge in [-0.05, 0) is 30.7 Å². The highest BCUT2D eigenvalue weighted by molar-refractivity contribution is 7.12. The fourth-order valence-electron chi connectivity index (χ4n) is 1.66. The summed E-state index contributed by atoms with van der Waals surface area (Å²) in [6, 6.07) is 5.47. The molecule has 2 amide bonds. The topological polar surface area (TPSA) is 50.4 Å². The lowest BCUT2D eigenvalue weighted by Crippen LogP contribution is -2.24. The van der Waals surface area contributed by atoms with Crippen LogP contribution < -0.4 is 15.4 Å². The summed E-state index contributed by atoms with van der Waals surface area (Å²) < 4.78 is 43.1. The number of carbonyl (C=O) groups excluding carboxylic acids is 1. The summed E-state index contributed by atoms with van der Waals surface area (Å²) >= 11 is 0.876. The number of amides is 2. The van der Waals surface area contributed by atoms with Gasteiger partial charge in [-0.2, -0.15) is 13.2 Å². The Morgan fingerprint density at radius 1 is 1.27 bits per heavy atom. The molecule has 4 nitrogen and oxygen atoms in total. The van der Waals surface area contributed by atoms with E-state index >= 15 is 0 Å². The minimum atomic E-state index is -4.38. The number of nitrogens with one attached hydrogen (secondary N) is 2. The lowest BCUT2D eigenvalue weighted by molar-refractivity contribution is -0.137. The molecule has 0 atom stereocenters. The number of ether oxygens (including phenoxy) is 1. The lowest BCUT2D eigenvalue weighted by atomic mass is 10.2. The van der Waals surface area contributed by atoms with Crippen molar-refractivity contribution in [2.45, 2.75) is 13.1 Å². The smallest absolute Gasteiger partial charge is 0.417 e. The van der Waals surface area contributed by atoms with Gasteiger partial charge < -0.3 is 15.4 Å². The zero-order valence-corrected chi connectivity index (χ0v) is 12.6. The van der Waals surface area contributed by atoms with E-state index in [4.69, 9.17) is 4.74 Å². The van der Waals surface area contributed by atoms with Crippen molar-refractivity contribution in [2.24, 2.45) is 0 Å². The van der Waals surface area contributed by atoms with E-state index in [1.165, 1.54) is 7.05 Å². The second kappa shape index (κ2) is 6.27. The van der Waals surface area contributed by atoms with Crippen LogP contribution in [0.5, 0.6) is 10.8 Å². The summed E-state index contributed by atoms with van der Waals surface area (Å²) in [5.74, 6) is 0.429. The van der Waals surface area contributed by atoms with Crippen molar-refractivity contribution in [2.75, 3.05) is 12.4 Å². The molecule has 118 valence electrons. The molecular formula is C14H13F3N2O2S. The molecule has 0 fully saturated rings. The maximum absolute atomic E-state index is 12.5. The largest absolute Gasteiger partial charge is 0.446 e. The number of benzene rings is 1. The molecule has 0 aliphatic heterocycles. The van der Waals surface area contributed by atoms with E-state index in [1.54, 1.807) is 25.1 Å². The van der Waals surface area contributed by atoms with Crippen LogP contribution in [-0.2, 0) is 6.18 Å². The minimum Gasteiger partial charge on any atom is -0.446 e. The van der Waals surface area contributed by atoms with Crippen LogP contribution in [0.25, 0.3) is 0 Å². The normalized spacial score (nSPS) is 11.1. The Labute approximate surface area is 128 Å². The van der Waals surface area contributed by atoms with Gasteiger partial charge in [0.15, 0.2) is 5.06 Å². The predicted molar refractivity (Wildman–Crippen MR) is 78.7 cm³/mol. The van der Waals surface area contributed by atoms with Crippen LogP contribution in [0.4, 0.5) is 23.7 Å². The maximum atomic E-state index is 12.5. The molecule has 0 aliphatic carbocycles. The molecule has 0 saturated carbocycles. The first kappa shape index (κ1) is 16.2. The highest BCUT2D eigenvalue weighted by Crippen LogP contribution is 2.38. The zero-order chi connectivity index (χ0) is 16.3. The predicted octanol–water partition coefficient (Wildman–Crippen LogP) is 4.62. The third kappa shape index (κ3) is 3.91. The second-order valence-electron chi connectivity index (χ2n) is 4.44. The van der Waals surface area contributed by atoms with Crippen molar-refractivity contribution in [3.63, 3.8) is 0 Å². The molecule has 2 rings (SSSR count). The molecule has 8 heteroatoms. The number of halogens is 3. The van der Waals surface area contributed by atoms with Crippen molar-refractivity contribution in [1.29, 1.82) is 0 Å². The van der Waals surface area contributed by atoms with Gasteiger partial charge in [0.2, 0.25) is 0 Å². The van der Waals surface area contributed by atoms with E-state index in [0.29, 0.717) is 17.0 Å². The molecule has 1 aromatic carbocycles. The summed E-state index contributed by atoms with van der Waals surface area (Å²) in [7, 11) is 1.49. The summed E-state index contributed by atoms with van der Waals surface area (Å²) in [6.45, 7) is 1.74. The third-order valence-electron chi connectivity index (χ3n) is 2.77. The van der Waals surface area contributed by atoms with E-state index in [1.807, 2.05) is 0 Å². The van der Waals surface area contributed by atoms with Crippen molar-refractivity contribution < 1.29 is 22.7 Å². The van der Waals surface area contributed by atoms with E-state index < -0.39 is 11.7 Å². The van der Waals surface area contributed by atoms with Crippen molar-refractivity contribution in [3.05, 3.63) is 40.8 Å². The van der Waals surface area contributed by atoms with Gasteiger partial charge in [-0.25, -0.2) is 4.79 Å². The van der Waals surface area contributed by atoms with Gasteiger partial charge in [0.25, 0.3) is 0 Å². The molecule has 1 heterocycles. The fourth-order valence-corrected chi connectivity index (χ4v) is 2.44. The molecule has 0 bridgehead atoms. The Balaban J connectivity index is 2.13.